The van der Waals surface area contributed by atoms with E-state index in [0.717, 1.165) is 0 Å². The molecule has 2 aromatic heterocycles. The number of esters is 1. The zero-order valence-corrected chi connectivity index (χ0v) is 10.2. The van der Waals surface area contributed by atoms with Gasteiger partial charge >= 0.3 is 5.97 Å². The molecule has 0 unspecified atom stereocenters. The molecule has 0 spiro atoms. The lowest BCUT2D eigenvalue weighted by Gasteiger charge is -2.04. The minimum Gasteiger partial charge on any atom is -0.466 e. The third kappa shape index (κ3) is 2.58. The molecule has 6 nitrogen and oxygen atoms in total. The number of hydrogen-bond acceptors (Lipinski definition) is 4. The van der Waals surface area contributed by atoms with Gasteiger partial charge in [0, 0.05) is 19.2 Å². The van der Waals surface area contributed by atoms with Crippen LogP contribution in [0.15, 0.2) is 23.4 Å². The molecule has 0 atom stereocenters. The van der Waals surface area contributed by atoms with E-state index in [9.17, 15) is 9.59 Å². The first-order valence-electron chi connectivity index (χ1n) is 5.90. The first kappa shape index (κ1) is 12.3. The Kier molecular flexibility index (Phi) is 3.76. The second-order valence-corrected chi connectivity index (χ2v) is 3.88. The molecule has 2 aromatic rings. The summed E-state index contributed by atoms with van der Waals surface area (Å²) in [6.45, 7) is 2.77. The lowest BCUT2D eigenvalue weighted by molar-refractivity contribution is -0.143. The minimum atomic E-state index is -0.207. The summed E-state index contributed by atoms with van der Waals surface area (Å²) in [5.41, 5.74) is 1.04. The Morgan fingerprint density at radius 3 is 3.17 bits per heavy atom. The van der Waals surface area contributed by atoms with Crippen LogP contribution in [0.5, 0.6) is 0 Å². The van der Waals surface area contributed by atoms with Crippen molar-refractivity contribution in [1.29, 1.82) is 0 Å². The highest BCUT2D eigenvalue weighted by molar-refractivity contribution is 5.74. The van der Waals surface area contributed by atoms with Gasteiger partial charge in [-0.25, -0.2) is 4.98 Å². The molecule has 6 heteroatoms. The molecule has 2 heterocycles. The summed E-state index contributed by atoms with van der Waals surface area (Å²) < 4.78 is 6.65. The molecular weight excluding hydrogens is 234 g/mol. The van der Waals surface area contributed by atoms with Crippen LogP contribution in [-0.4, -0.2) is 27.1 Å². The van der Waals surface area contributed by atoms with E-state index in [-0.39, 0.29) is 11.5 Å². The van der Waals surface area contributed by atoms with Crippen molar-refractivity contribution in [2.24, 2.45) is 0 Å². The molecule has 0 amide bonds. The van der Waals surface area contributed by atoms with E-state index in [1.165, 1.54) is 6.33 Å². The number of ether oxygens (including phenoxy) is 1. The first-order chi connectivity index (χ1) is 8.72. The van der Waals surface area contributed by atoms with E-state index >= 15 is 0 Å². The van der Waals surface area contributed by atoms with Gasteiger partial charge in [-0.3, -0.25) is 9.59 Å². The molecule has 0 saturated carbocycles. The molecular formula is C12H15N3O3. The number of rotatable bonds is 5. The third-order valence-electron chi connectivity index (χ3n) is 2.64. The molecule has 96 valence electrons. The van der Waals surface area contributed by atoms with Crippen LogP contribution in [0, 0.1) is 0 Å². The Balaban J connectivity index is 2.04. The van der Waals surface area contributed by atoms with Crippen molar-refractivity contribution < 1.29 is 9.53 Å². The van der Waals surface area contributed by atoms with Gasteiger partial charge in [0.05, 0.1) is 18.5 Å². The minimum absolute atomic E-state index is 0.166. The van der Waals surface area contributed by atoms with Crippen molar-refractivity contribution >= 4 is 17.0 Å². The van der Waals surface area contributed by atoms with Gasteiger partial charge in [0.25, 0.3) is 5.56 Å². The Morgan fingerprint density at radius 2 is 2.39 bits per heavy atom. The predicted octanol–water partition coefficient (Wildman–Crippen LogP) is 1.07. The lowest BCUT2D eigenvalue weighted by Crippen LogP contribution is -2.12. The van der Waals surface area contributed by atoms with Crippen LogP contribution >= 0.6 is 0 Å². The van der Waals surface area contributed by atoms with Crippen LogP contribution < -0.4 is 5.56 Å². The normalized spacial score (nSPS) is 10.7. The van der Waals surface area contributed by atoms with Gasteiger partial charge in [-0.1, -0.05) is 0 Å². The van der Waals surface area contributed by atoms with Gasteiger partial charge in [0.2, 0.25) is 0 Å². The van der Waals surface area contributed by atoms with Crippen molar-refractivity contribution in [3.63, 3.8) is 0 Å². The molecule has 2 rings (SSSR count). The molecule has 0 radical (unpaired) electrons. The number of aromatic nitrogens is 3. The summed E-state index contributed by atoms with van der Waals surface area (Å²) >= 11 is 0. The highest BCUT2D eigenvalue weighted by Crippen LogP contribution is 2.09. The van der Waals surface area contributed by atoms with Gasteiger partial charge in [-0.2, -0.15) is 0 Å². The van der Waals surface area contributed by atoms with Gasteiger partial charge in [-0.15, -0.1) is 0 Å². The average Bonchev–Trinajstić information content (AvgIpc) is 2.74. The number of carbonyl (C=O) groups excluding carboxylic acids is 1. The predicted molar refractivity (Wildman–Crippen MR) is 66.2 cm³/mol. The standard InChI is InChI=1S/C12H15N3O3/c1-2-18-10(16)4-3-6-15-7-5-9-11(15)12(17)14-8-13-9/h5,7-8H,2-4,6H2,1H3,(H,13,14,17). The molecule has 0 aliphatic carbocycles. The topological polar surface area (TPSA) is 77.0 Å². The van der Waals surface area contributed by atoms with E-state index in [1.54, 1.807) is 23.8 Å². The number of carbonyl (C=O) groups is 1. The first-order valence-corrected chi connectivity index (χ1v) is 5.90. The summed E-state index contributed by atoms with van der Waals surface area (Å²) in [6.07, 6.45) is 4.17. The number of nitrogens with zero attached hydrogens (tertiary/aromatic N) is 2. The smallest absolute Gasteiger partial charge is 0.305 e. The van der Waals surface area contributed by atoms with Gasteiger partial charge < -0.3 is 14.3 Å². The van der Waals surface area contributed by atoms with E-state index in [0.29, 0.717) is 37.0 Å². The number of fused-ring (bicyclic) bond motifs is 1. The van der Waals surface area contributed by atoms with Gasteiger partial charge in [-0.05, 0) is 19.4 Å². The fourth-order valence-electron chi connectivity index (χ4n) is 1.85. The molecule has 1 N–H and O–H groups in total. The highest BCUT2D eigenvalue weighted by Gasteiger charge is 2.07. The van der Waals surface area contributed by atoms with Gasteiger partial charge in [0.15, 0.2) is 0 Å². The Hall–Kier alpha value is -2.11. The van der Waals surface area contributed by atoms with Crippen molar-refractivity contribution in [2.45, 2.75) is 26.3 Å². The molecule has 0 fully saturated rings. The average molecular weight is 249 g/mol. The summed E-state index contributed by atoms with van der Waals surface area (Å²) in [6, 6.07) is 1.79. The highest BCUT2D eigenvalue weighted by atomic mass is 16.5. The van der Waals surface area contributed by atoms with Crippen molar-refractivity contribution in [3.8, 4) is 0 Å². The second-order valence-electron chi connectivity index (χ2n) is 3.88. The Bertz CT molecular complexity index is 600. The van der Waals surface area contributed by atoms with Crippen molar-refractivity contribution in [1.82, 2.24) is 14.5 Å². The van der Waals surface area contributed by atoms with E-state index < -0.39 is 0 Å². The third-order valence-corrected chi connectivity index (χ3v) is 2.64. The molecule has 0 saturated heterocycles. The summed E-state index contributed by atoms with van der Waals surface area (Å²) in [4.78, 5) is 29.5. The SMILES string of the molecule is CCOC(=O)CCCn1ccc2nc[nH]c(=O)c21. The molecule has 0 aliphatic rings. The summed E-state index contributed by atoms with van der Waals surface area (Å²) in [7, 11) is 0. The fourth-order valence-corrected chi connectivity index (χ4v) is 1.85. The zero-order valence-electron chi connectivity index (χ0n) is 10.2. The maximum atomic E-state index is 11.7. The maximum absolute atomic E-state index is 11.7. The van der Waals surface area contributed by atoms with Crippen LogP contribution in [0.2, 0.25) is 0 Å². The monoisotopic (exact) mass is 249 g/mol. The van der Waals surface area contributed by atoms with Crippen LogP contribution in [0.1, 0.15) is 19.8 Å². The van der Waals surface area contributed by atoms with Crippen molar-refractivity contribution in [3.05, 3.63) is 28.9 Å². The van der Waals surface area contributed by atoms with Crippen LogP contribution in [0.25, 0.3) is 11.0 Å². The summed E-state index contributed by atoms with van der Waals surface area (Å²) in [5, 5.41) is 0. The van der Waals surface area contributed by atoms with Crippen molar-refractivity contribution in [2.75, 3.05) is 6.61 Å². The molecule has 0 bridgehead atoms. The van der Waals surface area contributed by atoms with E-state index in [1.807, 2.05) is 0 Å². The second kappa shape index (κ2) is 5.48. The quantitative estimate of drug-likeness (QED) is 0.804. The Morgan fingerprint density at radius 1 is 1.56 bits per heavy atom. The summed E-state index contributed by atoms with van der Waals surface area (Å²) in [5.74, 6) is -0.207. The van der Waals surface area contributed by atoms with E-state index in [2.05, 4.69) is 9.97 Å². The van der Waals surface area contributed by atoms with Crippen LogP contribution in [0.3, 0.4) is 0 Å². The van der Waals surface area contributed by atoms with Gasteiger partial charge in [0.1, 0.15) is 5.52 Å². The number of H-pyrrole nitrogens is 1. The number of hydrogen-bond donors (Lipinski definition) is 1. The largest absolute Gasteiger partial charge is 0.466 e. The van der Waals surface area contributed by atoms with Crippen LogP contribution in [0.4, 0.5) is 0 Å². The Labute approximate surface area is 104 Å². The van der Waals surface area contributed by atoms with Crippen LogP contribution in [-0.2, 0) is 16.1 Å². The number of aryl methyl sites for hydroxylation is 1. The lowest BCUT2D eigenvalue weighted by atomic mass is 10.3. The zero-order chi connectivity index (χ0) is 13.0. The van der Waals surface area contributed by atoms with E-state index in [4.69, 9.17) is 4.74 Å². The maximum Gasteiger partial charge on any atom is 0.305 e. The number of aromatic amines is 1. The molecule has 0 aromatic carbocycles. The fraction of sp³-hybridized carbons (Fsp3) is 0.417. The molecule has 0 aliphatic heterocycles. The number of nitrogens with one attached hydrogen (secondary N) is 1. The molecule has 18 heavy (non-hydrogen) atoms.